The van der Waals surface area contributed by atoms with E-state index in [1.165, 1.54) is 11.5 Å². The van der Waals surface area contributed by atoms with E-state index < -0.39 is 0 Å². The summed E-state index contributed by atoms with van der Waals surface area (Å²) in [6.07, 6.45) is 0.770. The van der Waals surface area contributed by atoms with Gasteiger partial charge in [-0.2, -0.15) is 4.37 Å². The van der Waals surface area contributed by atoms with Crippen LogP contribution in [0.1, 0.15) is 12.7 Å². The van der Waals surface area contributed by atoms with E-state index in [2.05, 4.69) is 14.7 Å². The summed E-state index contributed by atoms with van der Waals surface area (Å²) in [7, 11) is 1.79. The fraction of sp³-hybridized carbons (Fsp3) is 0.308. The van der Waals surface area contributed by atoms with E-state index in [1.807, 2.05) is 6.92 Å². The molecule has 0 radical (unpaired) electrons. The summed E-state index contributed by atoms with van der Waals surface area (Å²) in [5, 5.41) is 4.22. The number of carbonyl (C=O) groups excluding carboxylic acids is 1. The number of likely N-dealkylation sites (N-methyl/N-ethyl adjacent to an activating group) is 1. The standard InChI is InChI=1S/C13H14Cl2N4OS/c1-3-10-16-13(21-18-10)19(2)7-11(20)17-12-8(14)5-4-6-9(12)15/h4-6H,3,7H2,1-2H3,(H,17,20). The molecule has 1 aromatic carbocycles. The molecular weight excluding hydrogens is 331 g/mol. The van der Waals surface area contributed by atoms with Gasteiger partial charge in [0, 0.05) is 25.0 Å². The zero-order valence-corrected chi connectivity index (χ0v) is 13.9. The van der Waals surface area contributed by atoms with Crippen molar-refractivity contribution in [3.63, 3.8) is 0 Å². The second kappa shape index (κ2) is 7.06. The average Bonchev–Trinajstić information content (AvgIpc) is 2.92. The van der Waals surface area contributed by atoms with Crippen molar-refractivity contribution in [2.45, 2.75) is 13.3 Å². The molecule has 0 aliphatic carbocycles. The van der Waals surface area contributed by atoms with E-state index in [1.54, 1.807) is 30.1 Å². The minimum atomic E-state index is -0.222. The lowest BCUT2D eigenvalue weighted by molar-refractivity contribution is -0.114. The largest absolute Gasteiger partial charge is 0.341 e. The van der Waals surface area contributed by atoms with Crippen LogP contribution in [0, 0.1) is 0 Å². The molecule has 0 unspecified atom stereocenters. The van der Waals surface area contributed by atoms with Crippen molar-refractivity contribution in [1.82, 2.24) is 9.36 Å². The Kier molecular flexibility index (Phi) is 5.39. The highest BCUT2D eigenvalue weighted by Gasteiger charge is 2.14. The topological polar surface area (TPSA) is 58.1 Å². The first-order valence-electron chi connectivity index (χ1n) is 6.28. The quantitative estimate of drug-likeness (QED) is 0.901. The molecule has 0 atom stereocenters. The van der Waals surface area contributed by atoms with Crippen LogP contribution in [0.4, 0.5) is 10.8 Å². The SMILES string of the molecule is CCc1nsc(N(C)CC(=O)Nc2c(Cl)cccc2Cl)n1. The number of hydrogen-bond acceptors (Lipinski definition) is 5. The van der Waals surface area contributed by atoms with Gasteiger partial charge < -0.3 is 10.2 Å². The Morgan fingerprint density at radius 2 is 2.05 bits per heavy atom. The zero-order chi connectivity index (χ0) is 15.4. The van der Waals surface area contributed by atoms with Gasteiger partial charge in [-0.25, -0.2) is 4.98 Å². The van der Waals surface area contributed by atoms with Crippen molar-refractivity contribution >= 4 is 51.5 Å². The van der Waals surface area contributed by atoms with Crippen LogP contribution >= 0.6 is 34.7 Å². The number of amides is 1. The molecule has 0 aliphatic rings. The maximum absolute atomic E-state index is 12.1. The zero-order valence-electron chi connectivity index (χ0n) is 11.6. The summed E-state index contributed by atoms with van der Waals surface area (Å²) in [6, 6.07) is 5.07. The van der Waals surface area contributed by atoms with Gasteiger partial charge in [-0.1, -0.05) is 36.2 Å². The second-order valence-corrected chi connectivity index (χ2v) is 5.89. The van der Waals surface area contributed by atoms with Crippen LogP contribution in [0.5, 0.6) is 0 Å². The molecule has 2 rings (SSSR count). The van der Waals surface area contributed by atoms with E-state index in [4.69, 9.17) is 23.2 Å². The molecule has 1 aromatic heterocycles. The fourth-order valence-corrected chi connectivity index (χ4v) is 2.82. The van der Waals surface area contributed by atoms with E-state index in [-0.39, 0.29) is 12.5 Å². The number of anilines is 2. The first-order chi connectivity index (χ1) is 10.0. The van der Waals surface area contributed by atoms with Crippen molar-refractivity contribution in [1.29, 1.82) is 0 Å². The van der Waals surface area contributed by atoms with E-state index in [9.17, 15) is 4.79 Å². The maximum atomic E-state index is 12.1. The van der Waals surface area contributed by atoms with Gasteiger partial charge in [0.05, 0.1) is 22.3 Å². The Morgan fingerprint density at radius 3 is 2.62 bits per heavy atom. The lowest BCUT2D eigenvalue weighted by Gasteiger charge is -2.15. The maximum Gasteiger partial charge on any atom is 0.244 e. The number of para-hydroxylation sites is 1. The second-order valence-electron chi connectivity index (χ2n) is 4.35. The molecule has 5 nitrogen and oxygen atoms in total. The van der Waals surface area contributed by atoms with Gasteiger partial charge in [0.2, 0.25) is 11.0 Å². The van der Waals surface area contributed by atoms with Gasteiger partial charge in [-0.05, 0) is 12.1 Å². The number of halogens is 2. The third-order valence-corrected chi connectivity index (χ3v) is 4.21. The van der Waals surface area contributed by atoms with Crippen LogP contribution in [-0.4, -0.2) is 28.9 Å². The third kappa shape index (κ3) is 4.06. The summed E-state index contributed by atoms with van der Waals surface area (Å²) in [4.78, 5) is 18.1. The van der Waals surface area contributed by atoms with Gasteiger partial charge in [-0.15, -0.1) is 0 Å². The lowest BCUT2D eigenvalue weighted by Crippen LogP contribution is -2.30. The number of carbonyl (C=O) groups is 1. The highest BCUT2D eigenvalue weighted by Crippen LogP contribution is 2.29. The molecule has 112 valence electrons. The van der Waals surface area contributed by atoms with Crippen LogP contribution in [0.2, 0.25) is 10.0 Å². The number of rotatable bonds is 5. The number of hydrogen-bond donors (Lipinski definition) is 1. The monoisotopic (exact) mass is 344 g/mol. The highest BCUT2D eigenvalue weighted by molar-refractivity contribution is 7.09. The minimum Gasteiger partial charge on any atom is -0.341 e. The number of aryl methyl sites for hydroxylation is 1. The summed E-state index contributed by atoms with van der Waals surface area (Å²) >= 11 is 13.3. The predicted octanol–water partition coefficient (Wildman–Crippen LogP) is 3.48. The summed E-state index contributed by atoms with van der Waals surface area (Å²) in [5.74, 6) is 0.553. The molecule has 0 saturated carbocycles. The van der Waals surface area contributed by atoms with Crippen molar-refractivity contribution in [3.8, 4) is 0 Å². The smallest absolute Gasteiger partial charge is 0.244 e. The first-order valence-corrected chi connectivity index (χ1v) is 7.81. The minimum absolute atomic E-state index is 0.139. The van der Waals surface area contributed by atoms with Gasteiger partial charge >= 0.3 is 0 Å². The van der Waals surface area contributed by atoms with E-state index in [0.29, 0.717) is 20.9 Å². The molecular formula is C13H14Cl2N4OS. The van der Waals surface area contributed by atoms with Crippen LogP contribution in [0.3, 0.4) is 0 Å². The van der Waals surface area contributed by atoms with Crippen LogP contribution < -0.4 is 10.2 Å². The fourth-order valence-electron chi connectivity index (χ4n) is 1.62. The molecule has 0 fully saturated rings. The molecule has 2 aromatic rings. The van der Waals surface area contributed by atoms with Crippen molar-refractivity contribution in [3.05, 3.63) is 34.1 Å². The molecule has 0 saturated heterocycles. The average molecular weight is 345 g/mol. The van der Waals surface area contributed by atoms with E-state index in [0.717, 1.165) is 12.2 Å². The number of nitrogens with zero attached hydrogens (tertiary/aromatic N) is 3. The predicted molar refractivity (Wildman–Crippen MR) is 87.6 cm³/mol. The molecule has 0 bridgehead atoms. The highest BCUT2D eigenvalue weighted by atomic mass is 35.5. The van der Waals surface area contributed by atoms with Gasteiger partial charge in [-0.3, -0.25) is 4.79 Å². The molecule has 0 aliphatic heterocycles. The molecule has 1 heterocycles. The number of benzene rings is 1. The molecule has 1 amide bonds. The van der Waals surface area contributed by atoms with Gasteiger partial charge in [0.1, 0.15) is 5.82 Å². The van der Waals surface area contributed by atoms with E-state index >= 15 is 0 Å². The Labute approximate surface area is 137 Å². The molecule has 8 heteroatoms. The Hall–Kier alpha value is -1.37. The van der Waals surface area contributed by atoms with Crippen LogP contribution in [0.25, 0.3) is 0 Å². The van der Waals surface area contributed by atoms with Crippen molar-refractivity contribution in [2.75, 3.05) is 23.8 Å². The third-order valence-electron chi connectivity index (χ3n) is 2.71. The molecule has 1 N–H and O–H groups in total. The van der Waals surface area contributed by atoms with Crippen molar-refractivity contribution in [2.24, 2.45) is 0 Å². The lowest BCUT2D eigenvalue weighted by atomic mass is 10.3. The summed E-state index contributed by atoms with van der Waals surface area (Å²) in [6.45, 7) is 2.12. The Bertz CT molecular complexity index is 627. The number of nitrogens with one attached hydrogen (secondary N) is 1. The Balaban J connectivity index is 2.01. The van der Waals surface area contributed by atoms with Gasteiger partial charge in [0.25, 0.3) is 0 Å². The normalized spacial score (nSPS) is 10.5. The van der Waals surface area contributed by atoms with Gasteiger partial charge in [0.15, 0.2) is 0 Å². The summed E-state index contributed by atoms with van der Waals surface area (Å²) in [5.41, 5.74) is 0.422. The number of aromatic nitrogens is 2. The first kappa shape index (κ1) is 16.0. The van der Waals surface area contributed by atoms with Crippen molar-refractivity contribution < 1.29 is 4.79 Å². The van der Waals surface area contributed by atoms with Crippen LogP contribution in [-0.2, 0) is 11.2 Å². The molecule has 21 heavy (non-hydrogen) atoms. The van der Waals surface area contributed by atoms with Crippen LogP contribution in [0.15, 0.2) is 18.2 Å². The summed E-state index contributed by atoms with van der Waals surface area (Å²) < 4.78 is 4.19. The molecule has 0 spiro atoms. The Morgan fingerprint density at radius 1 is 1.38 bits per heavy atom.